The molecule has 1 N–H and O–H groups in total. The lowest BCUT2D eigenvalue weighted by Crippen LogP contribution is -2.06. The third kappa shape index (κ3) is 44.5. The Kier molecular flexibility index (Phi) is 14.7. The number of hydrogen-bond acceptors (Lipinski definition) is 2. The molecule has 0 aliphatic rings. The zero-order chi connectivity index (χ0) is 8.41. The summed E-state index contributed by atoms with van der Waals surface area (Å²) in [5.41, 5.74) is 0. The molecule has 0 aromatic rings. The van der Waals surface area contributed by atoms with E-state index in [4.69, 9.17) is 0 Å². The van der Waals surface area contributed by atoms with E-state index in [-0.39, 0.29) is 0 Å². The van der Waals surface area contributed by atoms with Gasteiger partial charge in [-0.15, -0.1) is 0 Å². The molecule has 0 radical (unpaired) electrons. The minimum Gasteiger partial charge on any atom is -0.320 e. The summed E-state index contributed by atoms with van der Waals surface area (Å²) in [6, 6.07) is 0. The molecule has 0 rings (SSSR count). The maximum absolute atomic E-state index is 3.07. The molecule has 0 unspecified atom stereocenters. The number of hydrogen-bond donors (Lipinski definition) is 1. The first-order valence-electron chi connectivity index (χ1n) is 3.90. The number of nitrogens with one attached hydrogen (secondary N) is 1. The second-order valence-corrected chi connectivity index (χ2v) is 2.80. The van der Waals surface area contributed by atoms with Gasteiger partial charge in [0, 0.05) is 0 Å². The zero-order valence-electron chi connectivity index (χ0n) is 8.07. The maximum atomic E-state index is 3.07. The molecule has 2 heteroatoms. The van der Waals surface area contributed by atoms with Crippen LogP contribution in [-0.4, -0.2) is 39.6 Å². The molecule has 0 heterocycles. The van der Waals surface area contributed by atoms with Crippen molar-refractivity contribution < 1.29 is 0 Å². The predicted molar refractivity (Wildman–Crippen MR) is 48.4 cm³/mol. The lowest BCUT2D eigenvalue weighted by molar-refractivity contribution is 0.505. The molecule has 0 bridgehead atoms. The van der Waals surface area contributed by atoms with Crippen molar-refractivity contribution in [3.05, 3.63) is 0 Å². The highest BCUT2D eigenvalue weighted by Crippen LogP contribution is 1.79. The van der Waals surface area contributed by atoms with Crippen LogP contribution < -0.4 is 5.32 Å². The van der Waals surface area contributed by atoms with E-state index in [0.717, 1.165) is 6.54 Å². The summed E-state index contributed by atoms with van der Waals surface area (Å²) in [5.74, 6) is 0. The van der Waals surface area contributed by atoms with Crippen molar-refractivity contribution in [3.8, 4) is 0 Å². The summed E-state index contributed by atoms with van der Waals surface area (Å²) >= 11 is 0. The molecule has 64 valence electrons. The SMILES string of the molecule is CCCCNC.CN(C)C. The monoisotopic (exact) mass is 146 g/mol. The van der Waals surface area contributed by atoms with Gasteiger partial charge in [0.1, 0.15) is 0 Å². The lowest BCUT2D eigenvalue weighted by atomic mass is 10.3. The minimum atomic E-state index is 1.16. The van der Waals surface area contributed by atoms with E-state index < -0.39 is 0 Å². The molecular formula is C8H22N2. The summed E-state index contributed by atoms with van der Waals surface area (Å²) in [4.78, 5) is 2.00. The molecule has 0 aromatic carbocycles. The summed E-state index contributed by atoms with van der Waals surface area (Å²) < 4.78 is 0. The molecule has 0 spiro atoms. The standard InChI is InChI=1S/C5H13N.C3H9N/c1-3-4-5-6-2;1-4(2)3/h6H,3-5H2,1-2H3;1-3H3. The summed E-state index contributed by atoms with van der Waals surface area (Å²) in [6.07, 6.45) is 2.59. The highest BCUT2D eigenvalue weighted by Gasteiger charge is 1.73. The van der Waals surface area contributed by atoms with E-state index in [1.54, 1.807) is 0 Å². The summed E-state index contributed by atoms with van der Waals surface area (Å²) in [7, 11) is 7.98. The van der Waals surface area contributed by atoms with Crippen LogP contribution in [0.2, 0.25) is 0 Å². The van der Waals surface area contributed by atoms with Crippen LogP contribution in [0.5, 0.6) is 0 Å². The van der Waals surface area contributed by atoms with Crippen molar-refractivity contribution >= 4 is 0 Å². The molecular weight excluding hydrogens is 124 g/mol. The Labute approximate surface area is 65.6 Å². The van der Waals surface area contributed by atoms with Gasteiger partial charge in [-0.3, -0.25) is 0 Å². The van der Waals surface area contributed by atoms with Crippen molar-refractivity contribution in [1.29, 1.82) is 0 Å². The van der Waals surface area contributed by atoms with Crippen molar-refractivity contribution in [2.24, 2.45) is 0 Å². The quantitative estimate of drug-likeness (QED) is 0.602. The first kappa shape index (κ1) is 12.6. The van der Waals surface area contributed by atoms with Gasteiger partial charge >= 0.3 is 0 Å². The Morgan fingerprint density at radius 2 is 1.60 bits per heavy atom. The Balaban J connectivity index is 0. The van der Waals surface area contributed by atoms with Crippen molar-refractivity contribution in [2.75, 3.05) is 34.7 Å². The predicted octanol–water partition coefficient (Wildman–Crippen LogP) is 1.18. The second-order valence-electron chi connectivity index (χ2n) is 2.80. The fourth-order valence-electron chi connectivity index (χ4n) is 0.354. The molecule has 0 atom stereocenters. The van der Waals surface area contributed by atoms with Gasteiger partial charge in [0.15, 0.2) is 0 Å². The lowest BCUT2D eigenvalue weighted by Gasteiger charge is -1.90. The molecule has 0 saturated carbocycles. The van der Waals surface area contributed by atoms with Gasteiger partial charge in [-0.1, -0.05) is 13.3 Å². The molecule has 0 aromatic heterocycles. The highest BCUT2D eigenvalue weighted by molar-refractivity contribution is 4.34. The van der Waals surface area contributed by atoms with Crippen molar-refractivity contribution in [1.82, 2.24) is 10.2 Å². The van der Waals surface area contributed by atoms with Gasteiger partial charge < -0.3 is 10.2 Å². The third-order valence-corrected chi connectivity index (χ3v) is 0.780. The van der Waals surface area contributed by atoms with Gasteiger partial charge in [0.25, 0.3) is 0 Å². The zero-order valence-corrected chi connectivity index (χ0v) is 8.07. The molecule has 10 heavy (non-hydrogen) atoms. The average molecular weight is 146 g/mol. The van der Waals surface area contributed by atoms with E-state index in [1.807, 2.05) is 33.1 Å². The Hall–Kier alpha value is -0.0800. The van der Waals surface area contributed by atoms with E-state index in [1.165, 1.54) is 12.8 Å². The Morgan fingerprint density at radius 1 is 1.20 bits per heavy atom. The fraction of sp³-hybridized carbons (Fsp3) is 1.00. The Morgan fingerprint density at radius 3 is 1.70 bits per heavy atom. The van der Waals surface area contributed by atoms with E-state index in [0.29, 0.717) is 0 Å². The summed E-state index contributed by atoms with van der Waals surface area (Å²) in [5, 5.41) is 3.07. The van der Waals surface area contributed by atoms with Crippen LogP contribution in [0.3, 0.4) is 0 Å². The highest BCUT2D eigenvalue weighted by atomic mass is 15.0. The van der Waals surface area contributed by atoms with Crippen LogP contribution in [-0.2, 0) is 0 Å². The molecule has 0 saturated heterocycles. The number of nitrogens with zero attached hydrogens (tertiary/aromatic N) is 1. The normalized spacial score (nSPS) is 9.00. The van der Waals surface area contributed by atoms with Crippen molar-refractivity contribution in [3.63, 3.8) is 0 Å². The van der Waals surface area contributed by atoms with Gasteiger partial charge in [-0.05, 0) is 41.2 Å². The first-order chi connectivity index (χ1) is 4.65. The molecule has 0 aliphatic carbocycles. The molecule has 0 amide bonds. The Bertz CT molecular complexity index is 37.8. The smallest absolute Gasteiger partial charge is 0.00520 e. The van der Waals surface area contributed by atoms with Gasteiger partial charge in [0.2, 0.25) is 0 Å². The van der Waals surface area contributed by atoms with Gasteiger partial charge in [-0.2, -0.15) is 0 Å². The third-order valence-electron chi connectivity index (χ3n) is 0.780. The largest absolute Gasteiger partial charge is 0.320 e. The van der Waals surface area contributed by atoms with Crippen LogP contribution in [0.15, 0.2) is 0 Å². The number of unbranched alkanes of at least 4 members (excludes halogenated alkanes) is 1. The van der Waals surface area contributed by atoms with Crippen LogP contribution in [0.1, 0.15) is 19.8 Å². The van der Waals surface area contributed by atoms with E-state index >= 15 is 0 Å². The van der Waals surface area contributed by atoms with Crippen LogP contribution in [0, 0.1) is 0 Å². The average Bonchev–Trinajstić information content (AvgIpc) is 1.82. The van der Waals surface area contributed by atoms with Gasteiger partial charge in [0.05, 0.1) is 0 Å². The van der Waals surface area contributed by atoms with E-state index in [9.17, 15) is 0 Å². The van der Waals surface area contributed by atoms with Crippen LogP contribution >= 0.6 is 0 Å². The molecule has 2 nitrogen and oxygen atoms in total. The second kappa shape index (κ2) is 11.7. The van der Waals surface area contributed by atoms with Crippen LogP contribution in [0.25, 0.3) is 0 Å². The summed E-state index contributed by atoms with van der Waals surface area (Å²) in [6.45, 7) is 3.36. The first-order valence-corrected chi connectivity index (χ1v) is 3.90. The number of rotatable bonds is 3. The fourth-order valence-corrected chi connectivity index (χ4v) is 0.354. The van der Waals surface area contributed by atoms with E-state index in [2.05, 4.69) is 12.2 Å². The molecule has 0 fully saturated rings. The molecule has 0 aliphatic heterocycles. The maximum Gasteiger partial charge on any atom is -0.00520 e. The van der Waals surface area contributed by atoms with Gasteiger partial charge in [-0.25, -0.2) is 0 Å². The topological polar surface area (TPSA) is 15.3 Å². The minimum absolute atomic E-state index is 1.16. The van der Waals surface area contributed by atoms with Crippen molar-refractivity contribution in [2.45, 2.75) is 19.8 Å². The van der Waals surface area contributed by atoms with Crippen LogP contribution in [0.4, 0.5) is 0 Å².